The molecule has 2 atom stereocenters. The molecule has 23 heavy (non-hydrogen) atoms. The molecule has 5 nitrogen and oxygen atoms in total. The van der Waals surface area contributed by atoms with Crippen molar-refractivity contribution in [2.75, 3.05) is 20.1 Å². The lowest BCUT2D eigenvalue weighted by Crippen LogP contribution is -2.41. The van der Waals surface area contributed by atoms with Crippen LogP contribution in [0.1, 0.15) is 24.8 Å². The third-order valence-corrected chi connectivity index (χ3v) is 4.24. The van der Waals surface area contributed by atoms with E-state index in [1.165, 1.54) is 12.1 Å². The van der Waals surface area contributed by atoms with Crippen molar-refractivity contribution in [3.05, 3.63) is 35.6 Å². The van der Waals surface area contributed by atoms with Crippen LogP contribution in [0, 0.1) is 11.7 Å². The molecular formula is C17H23FN2O3. The molecule has 0 radical (unpaired) electrons. The van der Waals surface area contributed by atoms with Crippen LogP contribution in [0.5, 0.6) is 0 Å². The van der Waals surface area contributed by atoms with Crippen LogP contribution in [0.15, 0.2) is 24.3 Å². The van der Waals surface area contributed by atoms with Crippen molar-refractivity contribution < 1.29 is 19.1 Å². The van der Waals surface area contributed by atoms with E-state index in [0.29, 0.717) is 12.1 Å². The summed E-state index contributed by atoms with van der Waals surface area (Å²) in [5.74, 6) is -0.789. The Morgan fingerprint density at radius 3 is 2.83 bits per heavy atom. The van der Waals surface area contributed by atoms with E-state index in [1.807, 2.05) is 0 Å². The summed E-state index contributed by atoms with van der Waals surface area (Å²) in [4.78, 5) is 25.4. The standard InChI is InChI=1S/C17H23FN2O3/c1-20(11-13-5-3-7-15(13)21)17(23)10-19-16(22)9-12-4-2-6-14(18)8-12/h2,4,6,8,13,15,21H,3,5,7,9-11H2,1H3,(H,19,22). The molecule has 2 unspecified atom stereocenters. The molecule has 0 aromatic heterocycles. The van der Waals surface area contributed by atoms with Crippen LogP contribution in [0.2, 0.25) is 0 Å². The smallest absolute Gasteiger partial charge is 0.241 e. The van der Waals surface area contributed by atoms with Crippen LogP contribution < -0.4 is 5.32 Å². The van der Waals surface area contributed by atoms with Gasteiger partial charge in [0.05, 0.1) is 19.1 Å². The van der Waals surface area contributed by atoms with Crippen molar-refractivity contribution in [3.8, 4) is 0 Å². The lowest BCUT2D eigenvalue weighted by molar-refractivity contribution is -0.132. The number of carbonyl (C=O) groups is 2. The third kappa shape index (κ3) is 5.32. The van der Waals surface area contributed by atoms with Gasteiger partial charge in [-0.3, -0.25) is 9.59 Å². The molecular weight excluding hydrogens is 299 g/mol. The average Bonchev–Trinajstić information content (AvgIpc) is 2.90. The number of halogens is 1. The van der Waals surface area contributed by atoms with Crippen LogP contribution in [0.3, 0.4) is 0 Å². The highest BCUT2D eigenvalue weighted by atomic mass is 19.1. The molecule has 0 aliphatic heterocycles. The lowest BCUT2D eigenvalue weighted by Gasteiger charge is -2.23. The lowest BCUT2D eigenvalue weighted by atomic mass is 10.1. The Morgan fingerprint density at radius 1 is 1.39 bits per heavy atom. The van der Waals surface area contributed by atoms with Crippen LogP contribution in [-0.4, -0.2) is 48.1 Å². The van der Waals surface area contributed by atoms with Gasteiger partial charge in [-0.05, 0) is 30.5 Å². The van der Waals surface area contributed by atoms with Gasteiger partial charge in [0.1, 0.15) is 5.82 Å². The molecule has 1 aliphatic carbocycles. The van der Waals surface area contributed by atoms with Gasteiger partial charge in [-0.25, -0.2) is 4.39 Å². The maximum Gasteiger partial charge on any atom is 0.241 e. The van der Waals surface area contributed by atoms with E-state index in [4.69, 9.17) is 0 Å². The van der Waals surface area contributed by atoms with Crippen molar-refractivity contribution in [1.29, 1.82) is 0 Å². The first-order valence-electron chi connectivity index (χ1n) is 7.89. The van der Waals surface area contributed by atoms with Crippen molar-refractivity contribution in [2.45, 2.75) is 31.8 Å². The SMILES string of the molecule is CN(CC1CCCC1O)C(=O)CNC(=O)Cc1cccc(F)c1. The predicted octanol–water partition coefficient (Wildman–Crippen LogP) is 1.10. The average molecular weight is 322 g/mol. The van der Waals surface area contributed by atoms with Crippen molar-refractivity contribution >= 4 is 11.8 Å². The fraction of sp³-hybridized carbons (Fsp3) is 0.529. The first kappa shape index (κ1) is 17.4. The van der Waals surface area contributed by atoms with E-state index in [1.54, 1.807) is 24.1 Å². The van der Waals surface area contributed by atoms with Crippen LogP contribution in [0.25, 0.3) is 0 Å². The molecule has 2 amide bonds. The highest BCUT2D eigenvalue weighted by Crippen LogP contribution is 2.25. The van der Waals surface area contributed by atoms with E-state index in [2.05, 4.69) is 5.32 Å². The summed E-state index contributed by atoms with van der Waals surface area (Å²) in [6, 6.07) is 5.83. The number of aliphatic hydroxyl groups excluding tert-OH is 1. The van der Waals surface area contributed by atoms with Crippen LogP contribution in [-0.2, 0) is 16.0 Å². The summed E-state index contributed by atoms with van der Waals surface area (Å²) in [7, 11) is 1.67. The number of carbonyl (C=O) groups excluding carboxylic acids is 2. The zero-order valence-electron chi connectivity index (χ0n) is 13.3. The molecule has 1 saturated carbocycles. The largest absolute Gasteiger partial charge is 0.393 e. The summed E-state index contributed by atoms with van der Waals surface area (Å²) >= 11 is 0. The molecule has 0 saturated heterocycles. The molecule has 0 bridgehead atoms. The summed E-state index contributed by atoms with van der Waals surface area (Å²) in [5, 5.41) is 12.3. The summed E-state index contributed by atoms with van der Waals surface area (Å²) in [6.07, 6.45) is 2.39. The van der Waals surface area contributed by atoms with Gasteiger partial charge in [0.2, 0.25) is 11.8 Å². The Morgan fingerprint density at radius 2 is 2.17 bits per heavy atom. The number of rotatable bonds is 6. The van der Waals surface area contributed by atoms with Gasteiger partial charge in [0.25, 0.3) is 0 Å². The Hall–Kier alpha value is -1.95. The topological polar surface area (TPSA) is 69.6 Å². The second-order valence-electron chi connectivity index (χ2n) is 6.12. The van der Waals surface area contributed by atoms with E-state index in [-0.39, 0.29) is 42.6 Å². The highest BCUT2D eigenvalue weighted by Gasteiger charge is 2.27. The maximum atomic E-state index is 13.0. The van der Waals surface area contributed by atoms with Gasteiger partial charge in [-0.1, -0.05) is 18.6 Å². The predicted molar refractivity (Wildman–Crippen MR) is 84.1 cm³/mol. The summed E-state index contributed by atoms with van der Waals surface area (Å²) < 4.78 is 13.0. The van der Waals surface area contributed by atoms with Crippen LogP contribution >= 0.6 is 0 Å². The fourth-order valence-electron chi connectivity index (χ4n) is 2.89. The molecule has 1 aromatic carbocycles. The van der Waals surface area contributed by atoms with Crippen LogP contribution in [0.4, 0.5) is 4.39 Å². The molecule has 2 N–H and O–H groups in total. The van der Waals surface area contributed by atoms with Gasteiger partial charge in [0.15, 0.2) is 0 Å². The molecule has 0 spiro atoms. The van der Waals surface area contributed by atoms with E-state index < -0.39 is 0 Å². The minimum atomic E-state index is -0.388. The van der Waals surface area contributed by atoms with Crippen molar-refractivity contribution in [3.63, 3.8) is 0 Å². The van der Waals surface area contributed by atoms with E-state index >= 15 is 0 Å². The zero-order valence-corrected chi connectivity index (χ0v) is 13.3. The Kier molecular flexibility index (Phi) is 6.10. The van der Waals surface area contributed by atoms with Gasteiger partial charge in [0, 0.05) is 19.5 Å². The Balaban J connectivity index is 1.73. The van der Waals surface area contributed by atoms with Gasteiger partial charge >= 0.3 is 0 Å². The number of amides is 2. The van der Waals surface area contributed by atoms with E-state index in [9.17, 15) is 19.1 Å². The molecule has 2 rings (SSSR count). The number of nitrogens with one attached hydrogen (secondary N) is 1. The molecule has 1 aliphatic rings. The molecule has 1 fully saturated rings. The van der Waals surface area contributed by atoms with Gasteiger partial charge in [-0.15, -0.1) is 0 Å². The summed E-state index contributed by atoms with van der Waals surface area (Å²) in [6.45, 7) is 0.410. The van der Waals surface area contributed by atoms with Crippen molar-refractivity contribution in [2.24, 2.45) is 5.92 Å². The Labute approximate surface area is 135 Å². The Bertz CT molecular complexity index is 565. The highest BCUT2D eigenvalue weighted by molar-refractivity contribution is 5.85. The monoisotopic (exact) mass is 322 g/mol. The van der Waals surface area contributed by atoms with Gasteiger partial charge in [-0.2, -0.15) is 0 Å². The third-order valence-electron chi connectivity index (χ3n) is 4.24. The number of aliphatic hydroxyl groups is 1. The second-order valence-corrected chi connectivity index (χ2v) is 6.12. The number of benzene rings is 1. The second kappa shape index (κ2) is 8.06. The first-order valence-corrected chi connectivity index (χ1v) is 7.89. The van der Waals surface area contributed by atoms with E-state index in [0.717, 1.165) is 19.3 Å². The minimum absolute atomic E-state index is 0.0378. The molecule has 1 aromatic rings. The normalized spacial score (nSPS) is 20.3. The minimum Gasteiger partial charge on any atom is -0.393 e. The zero-order chi connectivity index (χ0) is 16.8. The number of likely N-dealkylation sites (N-methyl/N-ethyl adjacent to an activating group) is 1. The fourth-order valence-corrected chi connectivity index (χ4v) is 2.89. The number of hydrogen-bond donors (Lipinski definition) is 2. The maximum absolute atomic E-state index is 13.0. The molecule has 6 heteroatoms. The number of hydrogen-bond acceptors (Lipinski definition) is 3. The molecule has 126 valence electrons. The molecule has 0 heterocycles. The van der Waals surface area contributed by atoms with Gasteiger partial charge < -0.3 is 15.3 Å². The number of nitrogens with zero attached hydrogens (tertiary/aromatic N) is 1. The quantitative estimate of drug-likeness (QED) is 0.824. The van der Waals surface area contributed by atoms with Crippen molar-refractivity contribution in [1.82, 2.24) is 10.2 Å². The summed E-state index contributed by atoms with van der Waals surface area (Å²) in [5.41, 5.74) is 0.567. The first-order chi connectivity index (χ1) is 11.0.